The number of hydrogen-bond acceptors (Lipinski definition) is 3. The van der Waals surface area contributed by atoms with Gasteiger partial charge in [-0.2, -0.15) is 5.10 Å². The fraction of sp³-hybridized carbons (Fsp3) is 0.733. The zero-order valence-electron chi connectivity index (χ0n) is 12.1. The Hall–Kier alpha value is -1.32. The summed E-state index contributed by atoms with van der Waals surface area (Å²) in [6.07, 6.45) is 6.60. The third kappa shape index (κ3) is 2.07. The summed E-state index contributed by atoms with van der Waals surface area (Å²) in [5.74, 6) is 3.66. The number of aryl methyl sites for hydroxylation is 2. The van der Waals surface area contributed by atoms with Crippen LogP contribution in [0.4, 0.5) is 5.82 Å². The number of fused-ring (bicyclic) bond motifs is 2. The molecular formula is C15H23N3O. The molecule has 0 aromatic carbocycles. The van der Waals surface area contributed by atoms with E-state index in [1.807, 2.05) is 18.7 Å². The maximum absolute atomic E-state index is 11.3. The molecule has 0 saturated heterocycles. The van der Waals surface area contributed by atoms with E-state index < -0.39 is 0 Å². The molecule has 19 heavy (non-hydrogen) atoms. The van der Waals surface area contributed by atoms with Crippen molar-refractivity contribution < 1.29 is 4.79 Å². The molecule has 3 rings (SSSR count). The second-order valence-electron chi connectivity index (χ2n) is 6.38. The smallest absolute Gasteiger partial charge is 0.155 e. The summed E-state index contributed by atoms with van der Waals surface area (Å²) in [5, 5.41) is 4.37. The van der Waals surface area contributed by atoms with Crippen LogP contribution in [0.2, 0.25) is 0 Å². The van der Waals surface area contributed by atoms with Crippen LogP contribution in [0.3, 0.4) is 0 Å². The average Bonchev–Trinajstić information content (AvgIpc) is 3.02. The average molecular weight is 261 g/mol. The van der Waals surface area contributed by atoms with Gasteiger partial charge in [-0.3, -0.25) is 9.48 Å². The molecule has 1 aromatic heterocycles. The molecule has 4 nitrogen and oxygen atoms in total. The first-order valence-electron chi connectivity index (χ1n) is 7.30. The lowest BCUT2D eigenvalue weighted by Crippen LogP contribution is -2.30. The van der Waals surface area contributed by atoms with Crippen molar-refractivity contribution in [3.8, 4) is 0 Å². The first-order chi connectivity index (χ1) is 9.10. The van der Waals surface area contributed by atoms with E-state index in [2.05, 4.69) is 17.0 Å². The Morgan fingerprint density at radius 1 is 1.42 bits per heavy atom. The van der Waals surface area contributed by atoms with Gasteiger partial charge in [0.2, 0.25) is 0 Å². The van der Waals surface area contributed by atoms with Gasteiger partial charge < -0.3 is 4.90 Å². The van der Waals surface area contributed by atoms with Crippen LogP contribution in [-0.2, 0) is 7.05 Å². The predicted molar refractivity (Wildman–Crippen MR) is 75.5 cm³/mol. The molecule has 0 radical (unpaired) electrons. The number of carbonyl (C=O) groups is 1. The van der Waals surface area contributed by atoms with Gasteiger partial charge in [-0.1, -0.05) is 6.42 Å². The Morgan fingerprint density at radius 3 is 2.79 bits per heavy atom. The summed E-state index contributed by atoms with van der Waals surface area (Å²) in [6.45, 7) is 2.96. The quantitative estimate of drug-likeness (QED) is 0.781. The standard InChI is InChI=1S/C15H23N3O/c1-10-14(9-19)15(18(3)16-10)17(2)8-13-7-11-4-5-12(13)6-11/h9,11-13H,4-8H2,1-3H3. The molecule has 2 saturated carbocycles. The number of aldehydes is 1. The van der Waals surface area contributed by atoms with Crippen molar-refractivity contribution in [2.45, 2.75) is 32.6 Å². The summed E-state index contributed by atoms with van der Waals surface area (Å²) in [6, 6.07) is 0. The van der Waals surface area contributed by atoms with E-state index in [-0.39, 0.29) is 0 Å². The molecule has 2 bridgehead atoms. The van der Waals surface area contributed by atoms with E-state index in [1.165, 1.54) is 25.7 Å². The van der Waals surface area contributed by atoms with Crippen molar-refractivity contribution >= 4 is 12.1 Å². The van der Waals surface area contributed by atoms with Crippen molar-refractivity contribution in [3.63, 3.8) is 0 Å². The largest absolute Gasteiger partial charge is 0.359 e. The lowest BCUT2D eigenvalue weighted by molar-refractivity contribution is 0.112. The Bertz CT molecular complexity index is 494. The molecule has 2 fully saturated rings. The first-order valence-corrected chi connectivity index (χ1v) is 7.30. The lowest BCUT2D eigenvalue weighted by Gasteiger charge is -2.28. The van der Waals surface area contributed by atoms with Crippen LogP contribution in [0.25, 0.3) is 0 Å². The van der Waals surface area contributed by atoms with Crippen LogP contribution in [0.15, 0.2) is 0 Å². The monoisotopic (exact) mass is 261 g/mol. The van der Waals surface area contributed by atoms with Gasteiger partial charge in [-0.25, -0.2) is 0 Å². The zero-order valence-corrected chi connectivity index (χ0v) is 12.1. The third-order valence-electron chi connectivity index (χ3n) is 5.11. The number of anilines is 1. The minimum absolute atomic E-state index is 0.744. The van der Waals surface area contributed by atoms with Gasteiger partial charge in [0.25, 0.3) is 0 Å². The molecule has 1 heterocycles. The van der Waals surface area contributed by atoms with Crippen LogP contribution >= 0.6 is 0 Å². The van der Waals surface area contributed by atoms with E-state index in [0.29, 0.717) is 0 Å². The SMILES string of the molecule is Cc1nn(C)c(N(C)CC2CC3CCC2C3)c1C=O. The molecule has 4 heteroatoms. The molecular weight excluding hydrogens is 238 g/mol. The summed E-state index contributed by atoms with van der Waals surface area (Å²) in [4.78, 5) is 13.5. The molecule has 0 amide bonds. The maximum Gasteiger partial charge on any atom is 0.155 e. The van der Waals surface area contributed by atoms with Crippen molar-refractivity contribution in [1.29, 1.82) is 0 Å². The Morgan fingerprint density at radius 2 is 2.21 bits per heavy atom. The van der Waals surface area contributed by atoms with Gasteiger partial charge in [-0.05, 0) is 43.9 Å². The number of nitrogens with zero attached hydrogens (tertiary/aromatic N) is 3. The zero-order chi connectivity index (χ0) is 13.6. The molecule has 1 aromatic rings. The van der Waals surface area contributed by atoms with Gasteiger partial charge >= 0.3 is 0 Å². The van der Waals surface area contributed by atoms with Gasteiger partial charge in [0, 0.05) is 20.6 Å². The molecule has 0 N–H and O–H groups in total. The third-order valence-corrected chi connectivity index (χ3v) is 5.11. The van der Waals surface area contributed by atoms with E-state index >= 15 is 0 Å². The highest BCUT2D eigenvalue weighted by molar-refractivity contribution is 5.84. The molecule has 0 spiro atoms. The Kier molecular flexibility index (Phi) is 3.11. The molecule has 2 aliphatic rings. The molecule has 104 valence electrons. The second kappa shape index (κ2) is 4.66. The normalized spacial score (nSPS) is 28.9. The van der Waals surface area contributed by atoms with Gasteiger partial charge in [0.1, 0.15) is 5.82 Å². The predicted octanol–water partition coefficient (Wildman–Crippen LogP) is 2.41. The van der Waals surface area contributed by atoms with Gasteiger partial charge in [0.15, 0.2) is 6.29 Å². The molecule has 2 aliphatic carbocycles. The fourth-order valence-corrected chi connectivity index (χ4v) is 4.29. The van der Waals surface area contributed by atoms with Gasteiger partial charge in [0.05, 0.1) is 11.3 Å². The number of hydrogen-bond donors (Lipinski definition) is 0. The minimum Gasteiger partial charge on any atom is -0.359 e. The van der Waals surface area contributed by atoms with Crippen molar-refractivity contribution in [2.75, 3.05) is 18.5 Å². The molecule has 3 unspecified atom stereocenters. The molecule has 3 atom stereocenters. The van der Waals surface area contributed by atoms with Crippen molar-refractivity contribution in [2.24, 2.45) is 24.8 Å². The fourth-order valence-electron chi connectivity index (χ4n) is 4.29. The Labute approximate surface area is 114 Å². The summed E-state index contributed by atoms with van der Waals surface area (Å²) >= 11 is 0. The van der Waals surface area contributed by atoms with Gasteiger partial charge in [-0.15, -0.1) is 0 Å². The number of rotatable bonds is 4. The number of carbonyl (C=O) groups excluding carboxylic acids is 1. The minimum atomic E-state index is 0.744. The topological polar surface area (TPSA) is 38.1 Å². The summed E-state index contributed by atoms with van der Waals surface area (Å²) in [5.41, 5.74) is 1.57. The second-order valence-corrected chi connectivity index (χ2v) is 6.38. The van der Waals surface area contributed by atoms with E-state index in [4.69, 9.17) is 0 Å². The van der Waals surface area contributed by atoms with E-state index in [1.54, 1.807) is 0 Å². The van der Waals surface area contributed by atoms with Crippen LogP contribution < -0.4 is 4.90 Å². The number of aromatic nitrogens is 2. The highest BCUT2D eigenvalue weighted by atomic mass is 16.1. The van der Waals surface area contributed by atoms with Crippen LogP contribution in [0.1, 0.15) is 41.7 Å². The maximum atomic E-state index is 11.3. The Balaban J connectivity index is 1.77. The highest BCUT2D eigenvalue weighted by Crippen LogP contribution is 2.48. The van der Waals surface area contributed by atoms with E-state index in [9.17, 15) is 4.79 Å². The van der Waals surface area contributed by atoms with Crippen LogP contribution in [0, 0.1) is 24.7 Å². The van der Waals surface area contributed by atoms with Crippen LogP contribution in [-0.4, -0.2) is 29.7 Å². The molecule has 0 aliphatic heterocycles. The van der Waals surface area contributed by atoms with Crippen LogP contribution in [0.5, 0.6) is 0 Å². The lowest BCUT2D eigenvalue weighted by atomic mass is 9.88. The summed E-state index contributed by atoms with van der Waals surface area (Å²) in [7, 11) is 4.02. The first kappa shape index (κ1) is 12.7. The van der Waals surface area contributed by atoms with E-state index in [0.717, 1.165) is 47.7 Å². The highest BCUT2D eigenvalue weighted by Gasteiger charge is 2.40. The summed E-state index contributed by atoms with van der Waals surface area (Å²) < 4.78 is 1.84. The van der Waals surface area contributed by atoms with Crippen molar-refractivity contribution in [1.82, 2.24) is 9.78 Å². The van der Waals surface area contributed by atoms with Crippen molar-refractivity contribution in [3.05, 3.63) is 11.3 Å².